The summed E-state index contributed by atoms with van der Waals surface area (Å²) in [6.07, 6.45) is -5.20. The van der Waals surface area contributed by atoms with Crippen molar-refractivity contribution in [2.75, 3.05) is 6.61 Å². The molecule has 0 radical (unpaired) electrons. The van der Waals surface area contributed by atoms with Crippen LogP contribution >= 0.6 is 0 Å². The molecule has 16 heavy (non-hydrogen) atoms. The van der Waals surface area contributed by atoms with Gasteiger partial charge in [-0.15, -0.1) is 0 Å². The van der Waals surface area contributed by atoms with E-state index in [0.717, 1.165) is 0 Å². The second-order valence-corrected chi connectivity index (χ2v) is 2.87. The van der Waals surface area contributed by atoms with Crippen molar-refractivity contribution in [2.45, 2.75) is 19.8 Å². The molecule has 0 aliphatic heterocycles. The Kier molecular flexibility index (Phi) is 4.80. The number of carbonyl (C=O) groups excluding carboxylic acids is 1. The Morgan fingerprint density at radius 2 is 1.81 bits per heavy atom. The Balaban J connectivity index is 5.34. The lowest BCUT2D eigenvalue weighted by Crippen LogP contribution is -2.48. The van der Waals surface area contributed by atoms with Crippen LogP contribution in [0, 0.1) is 5.41 Å². The smallest absolute Gasteiger partial charge is 0.330 e. The third-order valence-electron chi connectivity index (χ3n) is 1.82. The standard InChI is InChI=1S/C8H10F2O6/c1-2-16-7(15)8(5(9)10,6(13)14)3-4(11)12/h5H,2-3H2,1H3,(H,11,12)(H,13,14). The number of hydrogen-bond acceptors (Lipinski definition) is 4. The van der Waals surface area contributed by atoms with Crippen molar-refractivity contribution in [1.29, 1.82) is 0 Å². The molecule has 0 aromatic carbocycles. The normalized spacial score (nSPS) is 14.2. The summed E-state index contributed by atoms with van der Waals surface area (Å²) < 4.78 is 29.4. The molecule has 0 spiro atoms. The van der Waals surface area contributed by atoms with Gasteiger partial charge < -0.3 is 14.9 Å². The van der Waals surface area contributed by atoms with Crippen LogP contribution in [-0.4, -0.2) is 41.2 Å². The largest absolute Gasteiger partial charge is 0.481 e. The van der Waals surface area contributed by atoms with Gasteiger partial charge in [0, 0.05) is 0 Å². The van der Waals surface area contributed by atoms with Crippen LogP contribution in [0.5, 0.6) is 0 Å². The van der Waals surface area contributed by atoms with Crippen molar-refractivity contribution in [3.05, 3.63) is 0 Å². The fraction of sp³-hybridized carbons (Fsp3) is 0.625. The van der Waals surface area contributed by atoms with Crippen LogP contribution in [0.4, 0.5) is 8.78 Å². The second-order valence-electron chi connectivity index (χ2n) is 2.87. The monoisotopic (exact) mass is 240 g/mol. The predicted octanol–water partition coefficient (Wildman–Crippen LogP) is 0.360. The zero-order chi connectivity index (χ0) is 12.9. The summed E-state index contributed by atoms with van der Waals surface area (Å²) in [6.45, 7) is 0.969. The van der Waals surface area contributed by atoms with E-state index < -0.39 is 36.2 Å². The second kappa shape index (κ2) is 5.38. The maximum atomic E-state index is 12.6. The summed E-state index contributed by atoms with van der Waals surface area (Å²) >= 11 is 0. The number of hydrogen-bond donors (Lipinski definition) is 2. The highest BCUT2D eigenvalue weighted by molar-refractivity contribution is 6.02. The Morgan fingerprint density at radius 1 is 1.31 bits per heavy atom. The highest BCUT2D eigenvalue weighted by Crippen LogP contribution is 2.32. The molecule has 1 atom stereocenters. The van der Waals surface area contributed by atoms with Gasteiger partial charge in [-0.1, -0.05) is 0 Å². The van der Waals surface area contributed by atoms with E-state index in [-0.39, 0.29) is 6.61 Å². The van der Waals surface area contributed by atoms with Crippen molar-refractivity contribution in [3.63, 3.8) is 0 Å². The van der Waals surface area contributed by atoms with Crippen LogP contribution in [0.15, 0.2) is 0 Å². The summed E-state index contributed by atoms with van der Waals surface area (Å²) in [4.78, 5) is 32.1. The molecule has 6 nitrogen and oxygen atoms in total. The minimum atomic E-state index is -3.67. The lowest BCUT2D eigenvalue weighted by molar-refractivity contribution is -0.185. The third-order valence-corrected chi connectivity index (χ3v) is 1.82. The summed E-state index contributed by atoms with van der Waals surface area (Å²) in [6, 6.07) is 0. The highest BCUT2D eigenvalue weighted by atomic mass is 19.3. The van der Waals surface area contributed by atoms with Crippen molar-refractivity contribution in [3.8, 4) is 0 Å². The van der Waals surface area contributed by atoms with E-state index in [1.165, 1.54) is 6.92 Å². The third kappa shape index (κ3) is 2.65. The van der Waals surface area contributed by atoms with E-state index in [0.29, 0.717) is 0 Å². The molecular formula is C8H10F2O6. The maximum Gasteiger partial charge on any atom is 0.330 e. The predicted molar refractivity (Wildman–Crippen MR) is 45.0 cm³/mol. The average Bonchev–Trinajstić information content (AvgIpc) is 2.12. The van der Waals surface area contributed by atoms with Gasteiger partial charge in [-0.2, -0.15) is 0 Å². The Hall–Kier alpha value is -1.73. The number of aliphatic carboxylic acids is 2. The molecule has 0 aliphatic rings. The number of halogens is 2. The number of carboxylic acid groups (broad SMARTS) is 2. The topological polar surface area (TPSA) is 101 Å². The first-order valence-electron chi connectivity index (χ1n) is 4.19. The van der Waals surface area contributed by atoms with Crippen molar-refractivity contribution < 1.29 is 38.1 Å². The van der Waals surface area contributed by atoms with Crippen molar-refractivity contribution in [2.24, 2.45) is 5.41 Å². The lowest BCUT2D eigenvalue weighted by Gasteiger charge is -2.24. The molecule has 0 fully saturated rings. The average molecular weight is 240 g/mol. The van der Waals surface area contributed by atoms with E-state index in [1.807, 2.05) is 0 Å². The number of carbonyl (C=O) groups is 3. The molecule has 0 aliphatic carbocycles. The zero-order valence-corrected chi connectivity index (χ0v) is 8.27. The summed E-state index contributed by atoms with van der Waals surface area (Å²) in [5, 5.41) is 17.0. The lowest BCUT2D eigenvalue weighted by atomic mass is 9.85. The first kappa shape index (κ1) is 14.3. The van der Waals surface area contributed by atoms with Gasteiger partial charge in [-0.3, -0.25) is 14.4 Å². The molecule has 2 N–H and O–H groups in total. The fourth-order valence-electron chi connectivity index (χ4n) is 0.993. The molecule has 0 heterocycles. The first-order valence-corrected chi connectivity index (χ1v) is 4.19. The van der Waals surface area contributed by atoms with Crippen LogP contribution in [0.1, 0.15) is 13.3 Å². The molecule has 0 saturated heterocycles. The van der Waals surface area contributed by atoms with E-state index in [2.05, 4.69) is 4.74 Å². The van der Waals surface area contributed by atoms with Crippen molar-refractivity contribution in [1.82, 2.24) is 0 Å². The summed E-state index contributed by atoms with van der Waals surface area (Å²) in [5.41, 5.74) is -3.35. The highest BCUT2D eigenvalue weighted by Gasteiger charge is 2.57. The molecule has 0 aromatic rings. The number of rotatable bonds is 6. The molecule has 0 rings (SSSR count). The van der Waals surface area contributed by atoms with Gasteiger partial charge in [0.1, 0.15) is 0 Å². The van der Waals surface area contributed by atoms with E-state index in [1.54, 1.807) is 0 Å². The Bertz CT molecular complexity index is 303. The maximum absolute atomic E-state index is 12.6. The number of alkyl halides is 2. The van der Waals surface area contributed by atoms with Gasteiger partial charge in [-0.05, 0) is 6.92 Å². The fourth-order valence-corrected chi connectivity index (χ4v) is 0.993. The Morgan fingerprint density at radius 3 is 2.06 bits per heavy atom. The molecular weight excluding hydrogens is 230 g/mol. The summed E-state index contributed by atoms with van der Waals surface area (Å²) in [5.74, 6) is -5.79. The van der Waals surface area contributed by atoms with Crippen molar-refractivity contribution >= 4 is 17.9 Å². The van der Waals surface area contributed by atoms with E-state index in [9.17, 15) is 23.2 Å². The number of esters is 1. The molecule has 0 amide bonds. The molecule has 1 unspecified atom stereocenters. The molecule has 0 saturated carbocycles. The van der Waals surface area contributed by atoms with Gasteiger partial charge in [0.25, 0.3) is 6.43 Å². The van der Waals surface area contributed by atoms with Gasteiger partial charge >= 0.3 is 17.9 Å². The quantitative estimate of drug-likeness (QED) is 0.513. The van der Waals surface area contributed by atoms with E-state index >= 15 is 0 Å². The van der Waals surface area contributed by atoms with Crippen LogP contribution < -0.4 is 0 Å². The SMILES string of the molecule is CCOC(=O)C(CC(=O)O)(C(=O)O)C(F)F. The van der Waals surface area contributed by atoms with Crippen LogP contribution in [0.3, 0.4) is 0 Å². The summed E-state index contributed by atoms with van der Waals surface area (Å²) in [7, 11) is 0. The first-order chi connectivity index (χ1) is 7.28. The van der Waals surface area contributed by atoms with Gasteiger partial charge in [0.05, 0.1) is 13.0 Å². The van der Waals surface area contributed by atoms with Gasteiger partial charge in [0.15, 0.2) is 0 Å². The van der Waals surface area contributed by atoms with Crippen LogP contribution in [-0.2, 0) is 19.1 Å². The molecule has 0 bridgehead atoms. The zero-order valence-electron chi connectivity index (χ0n) is 8.27. The minimum Gasteiger partial charge on any atom is -0.481 e. The molecule has 8 heteroatoms. The van der Waals surface area contributed by atoms with E-state index in [4.69, 9.17) is 10.2 Å². The molecule has 0 aromatic heterocycles. The Labute approximate surface area is 88.8 Å². The van der Waals surface area contributed by atoms with Gasteiger partial charge in [0.2, 0.25) is 5.41 Å². The van der Waals surface area contributed by atoms with Crippen LogP contribution in [0.25, 0.3) is 0 Å². The van der Waals surface area contributed by atoms with Gasteiger partial charge in [-0.25, -0.2) is 8.78 Å². The number of ether oxygens (including phenoxy) is 1. The number of carboxylic acids is 2. The van der Waals surface area contributed by atoms with Crippen LogP contribution in [0.2, 0.25) is 0 Å². The molecule has 92 valence electrons. The minimum absolute atomic E-state index is 0.319.